The summed E-state index contributed by atoms with van der Waals surface area (Å²) >= 11 is 0. The summed E-state index contributed by atoms with van der Waals surface area (Å²) in [4.78, 5) is 12.1. The molecule has 5 nitrogen and oxygen atoms in total. The van der Waals surface area contributed by atoms with Gasteiger partial charge in [-0.2, -0.15) is 0 Å². The van der Waals surface area contributed by atoms with E-state index in [1.165, 1.54) is 0 Å². The second-order valence-electron chi connectivity index (χ2n) is 6.04. The number of hydrogen-bond acceptors (Lipinski definition) is 4. The van der Waals surface area contributed by atoms with Crippen LogP contribution in [0.15, 0.2) is 18.2 Å². The maximum atomic E-state index is 12.1. The topological polar surface area (TPSA) is 73.6 Å². The van der Waals surface area contributed by atoms with Gasteiger partial charge in [0, 0.05) is 18.2 Å². The van der Waals surface area contributed by atoms with Crippen molar-refractivity contribution in [1.29, 1.82) is 0 Å². The summed E-state index contributed by atoms with van der Waals surface area (Å²) in [5.74, 6) is 1.16. The lowest BCUT2D eigenvalue weighted by Crippen LogP contribution is -2.45. The molecule has 1 aliphatic heterocycles. The van der Waals surface area contributed by atoms with Crippen LogP contribution < -0.4 is 20.5 Å². The van der Waals surface area contributed by atoms with Crippen molar-refractivity contribution in [2.24, 2.45) is 11.1 Å². The molecule has 0 radical (unpaired) electrons. The van der Waals surface area contributed by atoms with Gasteiger partial charge in [-0.3, -0.25) is 4.79 Å². The molecular formula is C15H22N2O3. The lowest BCUT2D eigenvalue weighted by molar-refractivity contribution is -0.119. The smallest absolute Gasteiger partial charge is 0.241 e. The van der Waals surface area contributed by atoms with Crippen molar-refractivity contribution >= 4 is 11.6 Å². The van der Waals surface area contributed by atoms with Crippen LogP contribution in [0.3, 0.4) is 0 Å². The fraction of sp³-hybridized carbons (Fsp3) is 0.533. The summed E-state index contributed by atoms with van der Waals surface area (Å²) in [6.45, 7) is 7.07. The predicted octanol–water partition coefficient (Wildman–Crippen LogP) is 2.16. The molecule has 1 aliphatic rings. The largest absolute Gasteiger partial charge is 0.490 e. The Labute approximate surface area is 119 Å². The molecule has 0 aliphatic carbocycles. The third-order valence-corrected chi connectivity index (χ3v) is 3.23. The summed E-state index contributed by atoms with van der Waals surface area (Å²) in [6, 6.07) is 4.80. The Bertz CT molecular complexity index is 494. The third kappa shape index (κ3) is 3.42. The quantitative estimate of drug-likeness (QED) is 0.869. The number of ether oxygens (including phenoxy) is 2. The Morgan fingerprint density at radius 3 is 2.55 bits per heavy atom. The number of benzene rings is 1. The molecule has 110 valence electrons. The number of amides is 1. The van der Waals surface area contributed by atoms with E-state index in [2.05, 4.69) is 5.32 Å². The molecule has 0 bridgehead atoms. The van der Waals surface area contributed by atoms with Gasteiger partial charge >= 0.3 is 0 Å². The first-order valence-corrected chi connectivity index (χ1v) is 6.84. The van der Waals surface area contributed by atoms with Crippen LogP contribution in [0, 0.1) is 5.41 Å². The molecule has 1 amide bonds. The highest BCUT2D eigenvalue weighted by molar-refractivity contribution is 5.95. The first-order valence-electron chi connectivity index (χ1n) is 6.84. The highest BCUT2D eigenvalue weighted by atomic mass is 16.5. The minimum absolute atomic E-state index is 0.202. The molecule has 0 aromatic heterocycles. The molecule has 1 heterocycles. The zero-order valence-electron chi connectivity index (χ0n) is 12.2. The third-order valence-electron chi connectivity index (χ3n) is 3.23. The summed E-state index contributed by atoms with van der Waals surface area (Å²) in [5, 5.41) is 2.82. The molecule has 0 fully saturated rings. The van der Waals surface area contributed by atoms with Crippen LogP contribution in [0.25, 0.3) is 0 Å². The van der Waals surface area contributed by atoms with Crippen molar-refractivity contribution in [3.05, 3.63) is 18.2 Å². The Morgan fingerprint density at radius 2 is 1.90 bits per heavy atom. The van der Waals surface area contributed by atoms with E-state index in [-0.39, 0.29) is 11.3 Å². The average molecular weight is 278 g/mol. The van der Waals surface area contributed by atoms with Crippen LogP contribution in [0.4, 0.5) is 5.69 Å². The van der Waals surface area contributed by atoms with Crippen LogP contribution in [0.1, 0.15) is 27.2 Å². The SMILES string of the molecule is CC(C)(C)[C@H](N)C(=O)Nc1ccc2c(c1)OCCCO2. The van der Waals surface area contributed by atoms with Crippen molar-refractivity contribution in [3.8, 4) is 11.5 Å². The fourth-order valence-electron chi connectivity index (χ4n) is 1.85. The molecule has 3 N–H and O–H groups in total. The van der Waals surface area contributed by atoms with E-state index < -0.39 is 6.04 Å². The maximum Gasteiger partial charge on any atom is 0.241 e. The number of carbonyl (C=O) groups excluding carboxylic acids is 1. The fourth-order valence-corrected chi connectivity index (χ4v) is 1.85. The first kappa shape index (κ1) is 14.7. The van der Waals surface area contributed by atoms with Gasteiger partial charge in [0.05, 0.1) is 19.3 Å². The lowest BCUT2D eigenvalue weighted by Gasteiger charge is -2.25. The number of hydrogen-bond donors (Lipinski definition) is 2. The minimum atomic E-state index is -0.571. The molecule has 0 unspecified atom stereocenters. The van der Waals surface area contributed by atoms with Crippen LogP contribution in [0.5, 0.6) is 11.5 Å². The van der Waals surface area contributed by atoms with Gasteiger partial charge in [0.25, 0.3) is 0 Å². The molecule has 0 saturated heterocycles. The van der Waals surface area contributed by atoms with Gasteiger partial charge < -0.3 is 20.5 Å². The van der Waals surface area contributed by atoms with E-state index in [0.29, 0.717) is 30.4 Å². The van der Waals surface area contributed by atoms with Crippen molar-refractivity contribution < 1.29 is 14.3 Å². The molecule has 1 atom stereocenters. The van der Waals surface area contributed by atoms with Crippen molar-refractivity contribution in [2.45, 2.75) is 33.2 Å². The zero-order valence-corrected chi connectivity index (χ0v) is 12.2. The Hall–Kier alpha value is -1.75. The van der Waals surface area contributed by atoms with Crippen molar-refractivity contribution in [2.75, 3.05) is 18.5 Å². The van der Waals surface area contributed by atoms with Crippen LogP contribution in [0.2, 0.25) is 0 Å². The van der Waals surface area contributed by atoms with E-state index in [1.54, 1.807) is 18.2 Å². The molecule has 0 spiro atoms. The minimum Gasteiger partial charge on any atom is -0.490 e. The summed E-state index contributed by atoms with van der Waals surface area (Å²) in [7, 11) is 0. The monoisotopic (exact) mass is 278 g/mol. The van der Waals surface area contributed by atoms with Gasteiger partial charge in [-0.25, -0.2) is 0 Å². The molecule has 5 heteroatoms. The average Bonchev–Trinajstić information content (AvgIpc) is 2.61. The summed E-state index contributed by atoms with van der Waals surface area (Å²) < 4.78 is 11.1. The van der Waals surface area contributed by atoms with Gasteiger partial charge in [-0.05, 0) is 17.5 Å². The molecule has 1 aromatic carbocycles. The second-order valence-corrected chi connectivity index (χ2v) is 6.04. The summed E-state index contributed by atoms with van der Waals surface area (Å²) in [6.07, 6.45) is 0.852. The molecule has 1 aromatic rings. The van der Waals surface area contributed by atoms with Gasteiger partial charge in [-0.1, -0.05) is 20.8 Å². The Morgan fingerprint density at radius 1 is 1.25 bits per heavy atom. The van der Waals surface area contributed by atoms with E-state index in [4.69, 9.17) is 15.2 Å². The number of fused-ring (bicyclic) bond motifs is 1. The van der Waals surface area contributed by atoms with E-state index in [9.17, 15) is 4.79 Å². The predicted molar refractivity (Wildman–Crippen MR) is 78.1 cm³/mol. The Balaban J connectivity index is 2.11. The van der Waals surface area contributed by atoms with Gasteiger partial charge in [0.1, 0.15) is 0 Å². The number of anilines is 1. The maximum absolute atomic E-state index is 12.1. The first-order chi connectivity index (χ1) is 9.38. The van der Waals surface area contributed by atoms with Crippen LogP contribution >= 0.6 is 0 Å². The van der Waals surface area contributed by atoms with Crippen molar-refractivity contribution in [3.63, 3.8) is 0 Å². The normalized spacial score (nSPS) is 16.2. The van der Waals surface area contributed by atoms with E-state index in [0.717, 1.165) is 6.42 Å². The van der Waals surface area contributed by atoms with Gasteiger partial charge in [0.15, 0.2) is 11.5 Å². The molecular weight excluding hydrogens is 256 g/mol. The van der Waals surface area contributed by atoms with E-state index >= 15 is 0 Å². The van der Waals surface area contributed by atoms with E-state index in [1.807, 2.05) is 20.8 Å². The number of carbonyl (C=O) groups is 1. The standard InChI is InChI=1S/C15H22N2O3/c1-15(2,3)13(16)14(18)17-10-5-6-11-12(9-10)20-8-4-7-19-11/h5-6,9,13H,4,7-8,16H2,1-3H3,(H,17,18)/t13-/m1/s1. The number of rotatable bonds is 2. The van der Waals surface area contributed by atoms with Crippen molar-refractivity contribution in [1.82, 2.24) is 0 Å². The molecule has 2 rings (SSSR count). The van der Waals surface area contributed by atoms with Crippen LogP contribution in [-0.2, 0) is 4.79 Å². The lowest BCUT2D eigenvalue weighted by atomic mass is 9.87. The summed E-state index contributed by atoms with van der Waals surface area (Å²) in [5.41, 5.74) is 6.32. The number of nitrogens with two attached hydrogens (primary N) is 1. The highest BCUT2D eigenvalue weighted by Gasteiger charge is 2.27. The van der Waals surface area contributed by atoms with Crippen LogP contribution in [-0.4, -0.2) is 25.2 Å². The highest BCUT2D eigenvalue weighted by Crippen LogP contribution is 2.32. The second kappa shape index (κ2) is 5.71. The van der Waals surface area contributed by atoms with Gasteiger partial charge in [0.2, 0.25) is 5.91 Å². The number of nitrogens with one attached hydrogen (secondary N) is 1. The molecule has 20 heavy (non-hydrogen) atoms. The zero-order chi connectivity index (χ0) is 14.8. The Kier molecular flexibility index (Phi) is 4.18. The van der Waals surface area contributed by atoms with Gasteiger partial charge in [-0.15, -0.1) is 0 Å². The molecule has 0 saturated carbocycles.